The maximum atomic E-state index is 14.0. The summed E-state index contributed by atoms with van der Waals surface area (Å²) in [6.45, 7) is 4.36. The predicted octanol–water partition coefficient (Wildman–Crippen LogP) is 5.70. The van der Waals surface area contributed by atoms with Gasteiger partial charge < -0.3 is 15.5 Å². The van der Waals surface area contributed by atoms with Gasteiger partial charge in [-0.3, -0.25) is 4.79 Å². The maximum absolute atomic E-state index is 14.0. The van der Waals surface area contributed by atoms with Crippen LogP contribution in [0.15, 0.2) is 66.4 Å². The molecule has 5 aliphatic rings. The molecule has 7 atom stereocenters. The monoisotopic (exact) mass is 581 g/mol. The SMILES string of the molecule is C[C@]12Cc3cnn(-c4ccc(F)cc4)c3C=C1CCC1C2C(O)C[C@@]2(C)C1CC[C@]2(O)C(=O)NC1(c2ccccc2)CC1. The minimum atomic E-state index is -1.51. The average molecular weight is 582 g/mol. The number of carbonyl (C=O) groups is 1. The van der Waals surface area contributed by atoms with Crippen LogP contribution in [0.1, 0.15) is 75.6 Å². The van der Waals surface area contributed by atoms with Crippen LogP contribution >= 0.6 is 0 Å². The van der Waals surface area contributed by atoms with Crippen molar-refractivity contribution in [3.05, 3.63) is 89.0 Å². The summed E-state index contributed by atoms with van der Waals surface area (Å²) >= 11 is 0. The number of allylic oxidation sites excluding steroid dienone is 1. The fourth-order valence-electron chi connectivity index (χ4n) is 10.0. The molecule has 3 N–H and O–H groups in total. The van der Waals surface area contributed by atoms with Crippen LogP contribution in [0.5, 0.6) is 0 Å². The molecular weight excluding hydrogens is 541 g/mol. The second-order valence-corrected chi connectivity index (χ2v) is 14.5. The molecule has 224 valence electrons. The number of nitrogens with zero attached hydrogens (tertiary/aromatic N) is 2. The van der Waals surface area contributed by atoms with E-state index in [1.165, 1.54) is 17.7 Å². The highest BCUT2D eigenvalue weighted by Crippen LogP contribution is 2.67. The second kappa shape index (κ2) is 9.12. The highest BCUT2D eigenvalue weighted by molar-refractivity contribution is 5.87. The van der Waals surface area contributed by atoms with Crippen LogP contribution in [0.25, 0.3) is 11.8 Å². The molecule has 0 saturated heterocycles. The molecule has 0 radical (unpaired) electrons. The van der Waals surface area contributed by atoms with Crippen molar-refractivity contribution in [2.24, 2.45) is 28.6 Å². The number of aliphatic hydroxyl groups is 2. The number of hydrogen-bond acceptors (Lipinski definition) is 4. The number of benzene rings is 2. The molecule has 1 aromatic heterocycles. The van der Waals surface area contributed by atoms with Gasteiger partial charge in [0, 0.05) is 5.41 Å². The first kappa shape index (κ1) is 27.3. The Morgan fingerprint density at radius 1 is 1.05 bits per heavy atom. The van der Waals surface area contributed by atoms with Crippen LogP contribution in [0.4, 0.5) is 4.39 Å². The van der Waals surface area contributed by atoms with Crippen molar-refractivity contribution in [3.8, 4) is 5.69 Å². The number of nitrogens with one attached hydrogen (secondary N) is 1. The molecule has 4 fully saturated rings. The summed E-state index contributed by atoms with van der Waals surface area (Å²) < 4.78 is 15.5. The molecule has 0 bridgehead atoms. The van der Waals surface area contributed by atoms with E-state index in [1.807, 2.05) is 29.1 Å². The minimum Gasteiger partial charge on any atom is -0.393 e. The predicted molar refractivity (Wildman–Crippen MR) is 161 cm³/mol. The van der Waals surface area contributed by atoms with Crippen LogP contribution in [0.3, 0.4) is 0 Å². The topological polar surface area (TPSA) is 87.4 Å². The van der Waals surface area contributed by atoms with Crippen molar-refractivity contribution in [1.82, 2.24) is 15.1 Å². The van der Waals surface area contributed by atoms with Crippen molar-refractivity contribution < 1.29 is 19.4 Å². The summed E-state index contributed by atoms with van der Waals surface area (Å²) in [5.41, 5.74) is 2.58. The summed E-state index contributed by atoms with van der Waals surface area (Å²) in [6, 6.07) is 16.5. The molecule has 8 rings (SSSR count). The van der Waals surface area contributed by atoms with Gasteiger partial charge in [0.1, 0.15) is 11.4 Å². The Bertz CT molecular complexity index is 1630. The lowest BCUT2D eigenvalue weighted by Gasteiger charge is -2.60. The van der Waals surface area contributed by atoms with Crippen molar-refractivity contribution in [2.45, 2.75) is 82.5 Å². The zero-order valence-corrected chi connectivity index (χ0v) is 24.9. The van der Waals surface area contributed by atoms with Crippen molar-refractivity contribution >= 4 is 12.0 Å². The Kier molecular flexibility index (Phi) is 5.78. The number of amides is 1. The van der Waals surface area contributed by atoms with E-state index in [0.29, 0.717) is 12.8 Å². The number of halogens is 1. The lowest BCUT2D eigenvalue weighted by Crippen LogP contribution is -2.64. The number of fused-ring (bicyclic) bond motifs is 6. The summed E-state index contributed by atoms with van der Waals surface area (Å²) in [6.07, 6.45) is 9.52. The quantitative estimate of drug-likeness (QED) is 0.369. The second-order valence-electron chi connectivity index (χ2n) is 14.5. The number of aliphatic hydroxyl groups excluding tert-OH is 1. The zero-order valence-electron chi connectivity index (χ0n) is 24.9. The molecule has 6 nitrogen and oxygen atoms in total. The van der Waals surface area contributed by atoms with Crippen LogP contribution in [-0.2, 0) is 16.8 Å². The fourth-order valence-corrected chi connectivity index (χ4v) is 10.0. The lowest BCUT2D eigenvalue weighted by atomic mass is 9.45. The number of carbonyl (C=O) groups excluding carboxylic acids is 1. The van der Waals surface area contributed by atoms with Crippen LogP contribution in [0, 0.1) is 34.4 Å². The van der Waals surface area contributed by atoms with E-state index in [9.17, 15) is 19.4 Å². The first-order valence-electron chi connectivity index (χ1n) is 15.9. The van der Waals surface area contributed by atoms with Crippen molar-refractivity contribution in [2.75, 3.05) is 0 Å². The van der Waals surface area contributed by atoms with Crippen LogP contribution < -0.4 is 5.32 Å². The molecule has 1 amide bonds. The average Bonchev–Trinajstić information content (AvgIpc) is 3.58. The molecule has 2 aromatic carbocycles. The normalized spacial score (nSPS) is 36.9. The third kappa shape index (κ3) is 3.77. The summed E-state index contributed by atoms with van der Waals surface area (Å²) in [5, 5.41) is 32.2. The molecule has 7 heteroatoms. The van der Waals surface area contributed by atoms with Crippen LogP contribution in [-0.4, -0.2) is 37.6 Å². The molecule has 3 aromatic rings. The van der Waals surface area contributed by atoms with Gasteiger partial charge in [0.05, 0.1) is 29.2 Å². The molecule has 0 spiro atoms. The summed E-state index contributed by atoms with van der Waals surface area (Å²) in [7, 11) is 0. The molecule has 4 unspecified atom stereocenters. The van der Waals surface area contributed by atoms with E-state index in [2.05, 4.69) is 42.5 Å². The lowest BCUT2D eigenvalue weighted by molar-refractivity contribution is -0.181. The Hall–Kier alpha value is -3.29. The van der Waals surface area contributed by atoms with Gasteiger partial charge in [-0.15, -0.1) is 0 Å². The van der Waals surface area contributed by atoms with Crippen LogP contribution in [0.2, 0.25) is 0 Å². The molecular formula is C36H40FN3O3. The van der Waals surface area contributed by atoms with Gasteiger partial charge in [-0.2, -0.15) is 5.10 Å². The first-order valence-corrected chi connectivity index (χ1v) is 15.9. The van der Waals surface area contributed by atoms with Gasteiger partial charge in [0.15, 0.2) is 0 Å². The molecule has 43 heavy (non-hydrogen) atoms. The summed E-state index contributed by atoms with van der Waals surface area (Å²) in [4.78, 5) is 14.0. The van der Waals surface area contributed by atoms with Crippen molar-refractivity contribution in [1.29, 1.82) is 0 Å². The van der Waals surface area contributed by atoms with Gasteiger partial charge in [0.25, 0.3) is 5.91 Å². The molecule has 5 aliphatic carbocycles. The highest BCUT2D eigenvalue weighted by atomic mass is 19.1. The molecule has 0 aliphatic heterocycles. The Morgan fingerprint density at radius 2 is 1.79 bits per heavy atom. The minimum absolute atomic E-state index is 0.0393. The van der Waals surface area contributed by atoms with Gasteiger partial charge >= 0.3 is 0 Å². The maximum Gasteiger partial charge on any atom is 0.253 e. The number of hydrogen-bond donors (Lipinski definition) is 3. The standard InChI is InChI=1S/C36H40FN3O3/c1-33-19-22-21-38-40(26-11-9-25(37)10-12-26)29(22)18-24(33)8-13-27-28-14-15-36(43,34(28,2)20-30(41)31(27)33)32(42)39-35(16-17-35)23-6-4-3-5-7-23/h3-7,9-12,18,21,27-28,30-31,41,43H,8,13-17,19-20H2,1-2H3,(H,39,42)/t27?,28?,30?,31?,33-,34-,36-/m0/s1. The van der Waals surface area contributed by atoms with E-state index in [-0.39, 0.29) is 34.9 Å². The molecule has 1 heterocycles. The molecule has 4 saturated carbocycles. The smallest absolute Gasteiger partial charge is 0.253 e. The Morgan fingerprint density at radius 3 is 2.51 bits per heavy atom. The van der Waals surface area contributed by atoms with Gasteiger partial charge in [-0.05, 0) is 116 Å². The fraction of sp³-hybridized carbons (Fsp3) is 0.500. The largest absolute Gasteiger partial charge is 0.393 e. The van der Waals surface area contributed by atoms with Gasteiger partial charge in [0.2, 0.25) is 0 Å². The van der Waals surface area contributed by atoms with E-state index in [0.717, 1.165) is 61.0 Å². The van der Waals surface area contributed by atoms with E-state index in [1.54, 1.807) is 12.1 Å². The Balaban J connectivity index is 1.08. The summed E-state index contributed by atoms with van der Waals surface area (Å²) in [5.74, 6) is -0.132. The number of aromatic nitrogens is 2. The first-order chi connectivity index (χ1) is 20.6. The van der Waals surface area contributed by atoms with E-state index >= 15 is 0 Å². The Labute approximate surface area is 252 Å². The van der Waals surface area contributed by atoms with E-state index in [4.69, 9.17) is 0 Å². The van der Waals surface area contributed by atoms with Gasteiger partial charge in [-0.25, -0.2) is 9.07 Å². The third-order valence-corrected chi connectivity index (χ3v) is 12.5. The zero-order chi connectivity index (χ0) is 29.8. The third-order valence-electron chi connectivity index (χ3n) is 12.5. The van der Waals surface area contributed by atoms with E-state index < -0.39 is 22.7 Å². The van der Waals surface area contributed by atoms with Gasteiger partial charge in [-0.1, -0.05) is 49.8 Å². The van der Waals surface area contributed by atoms with Crippen molar-refractivity contribution in [3.63, 3.8) is 0 Å². The number of rotatable bonds is 4. The highest BCUT2D eigenvalue weighted by Gasteiger charge is 2.69.